The zero-order valence-corrected chi connectivity index (χ0v) is 9.42. The molecule has 4 heteroatoms. The molecule has 0 fully saturated rings. The standard InChI is InChI=1S/Ba.H2O.O.Y/h;1H2;;/q+2;;-2;+3/p-1. The molecule has 4 heavy (non-hydrogen) atoms. The van der Waals surface area contributed by atoms with E-state index in [-0.39, 0.29) is 92.5 Å². The van der Waals surface area contributed by atoms with Gasteiger partial charge in [0.2, 0.25) is 0 Å². The van der Waals surface area contributed by atoms with Crippen LogP contribution >= 0.6 is 0 Å². The molecule has 0 aromatic rings. The van der Waals surface area contributed by atoms with Crippen LogP contribution in [0, 0.1) is 0 Å². The Balaban J connectivity index is 0. The third-order valence-electron chi connectivity index (χ3n) is 0. The third kappa shape index (κ3) is 8.82. The van der Waals surface area contributed by atoms with Crippen LogP contribution < -0.4 is 0 Å². The van der Waals surface area contributed by atoms with E-state index < -0.39 is 0 Å². The molecule has 0 unspecified atom stereocenters. The molecule has 0 heterocycles. The predicted molar refractivity (Wildman–Crippen MR) is 8.38 cm³/mol. The van der Waals surface area contributed by atoms with Crippen molar-refractivity contribution in [3.05, 3.63) is 0 Å². The van der Waals surface area contributed by atoms with Gasteiger partial charge in [-0.2, -0.15) is 0 Å². The summed E-state index contributed by atoms with van der Waals surface area (Å²) in [6, 6.07) is 0. The molecule has 1 N–H and O–H groups in total. The Labute approximate surface area is 90.3 Å². The zero-order chi connectivity index (χ0) is 0. The van der Waals surface area contributed by atoms with Gasteiger partial charge in [-0.15, -0.1) is 0 Å². The van der Waals surface area contributed by atoms with E-state index in [1.165, 1.54) is 0 Å². The maximum Gasteiger partial charge on any atom is 3.00 e. The summed E-state index contributed by atoms with van der Waals surface area (Å²) < 4.78 is 0. The van der Waals surface area contributed by atoms with Crippen molar-refractivity contribution in [3.8, 4) is 0 Å². The minimum atomic E-state index is 0. The number of rotatable bonds is 0. The van der Waals surface area contributed by atoms with Gasteiger partial charge in [-0.05, 0) is 0 Å². The minimum absolute atomic E-state index is 0. The average Bonchev–Trinajstić information content (AvgIpc) is 0. The second-order valence-electron chi connectivity index (χ2n) is 0. The molecule has 0 aromatic carbocycles. The van der Waals surface area contributed by atoms with E-state index in [1.807, 2.05) is 0 Å². The van der Waals surface area contributed by atoms with Crippen LogP contribution in [0.5, 0.6) is 0 Å². The SMILES string of the molecule is [Ba+2].[O-2].[OH-].[Y+3]. The van der Waals surface area contributed by atoms with E-state index in [9.17, 15) is 0 Å². The van der Waals surface area contributed by atoms with Gasteiger partial charge in [0.05, 0.1) is 0 Å². The molecule has 0 aromatic heterocycles. The minimum Gasteiger partial charge on any atom is -2.00 e. The Kier molecular flexibility index (Phi) is 134. The molecule has 0 aliphatic heterocycles. The normalized spacial score (nSPS) is 0. The summed E-state index contributed by atoms with van der Waals surface area (Å²) in [4.78, 5) is 0. The van der Waals surface area contributed by atoms with Crippen molar-refractivity contribution in [2.75, 3.05) is 0 Å². The Morgan fingerprint density at radius 3 is 1.00 bits per heavy atom. The summed E-state index contributed by atoms with van der Waals surface area (Å²) in [6.45, 7) is 0. The molecule has 0 atom stereocenters. The molecule has 2 nitrogen and oxygen atoms in total. The van der Waals surface area contributed by atoms with Crippen LogP contribution in [0.4, 0.5) is 0 Å². The fourth-order valence-corrected chi connectivity index (χ4v) is 0. The molecule has 0 aliphatic carbocycles. The molecule has 0 saturated heterocycles. The van der Waals surface area contributed by atoms with E-state index in [2.05, 4.69) is 0 Å². The first-order valence-electron chi connectivity index (χ1n) is 0. The van der Waals surface area contributed by atoms with Crippen molar-refractivity contribution < 1.29 is 43.7 Å². The van der Waals surface area contributed by atoms with Crippen LogP contribution in [-0.4, -0.2) is 54.4 Å². The van der Waals surface area contributed by atoms with Crippen LogP contribution in [0.15, 0.2) is 0 Å². The van der Waals surface area contributed by atoms with Gasteiger partial charge < -0.3 is 11.0 Å². The van der Waals surface area contributed by atoms with E-state index >= 15 is 0 Å². The quantitative estimate of drug-likeness (QED) is 0.532. The average molecular weight is 259 g/mol. The zero-order valence-electron chi connectivity index (χ0n) is 2.14. The summed E-state index contributed by atoms with van der Waals surface area (Å²) in [7, 11) is 0. The molecular formula is HBaO2Y+2. The Morgan fingerprint density at radius 1 is 1.00 bits per heavy atom. The van der Waals surface area contributed by atoms with E-state index in [0.29, 0.717) is 0 Å². The van der Waals surface area contributed by atoms with Crippen LogP contribution in [0.3, 0.4) is 0 Å². The van der Waals surface area contributed by atoms with Crippen molar-refractivity contribution in [2.45, 2.75) is 0 Å². The van der Waals surface area contributed by atoms with Gasteiger partial charge >= 0.3 is 81.6 Å². The second kappa shape index (κ2) is 17.5. The molecule has 0 radical (unpaired) electrons. The van der Waals surface area contributed by atoms with Crippen molar-refractivity contribution >= 4 is 48.9 Å². The Bertz CT molecular complexity index is 6.00. The predicted octanol–water partition coefficient (Wildman–Crippen LogP) is -0.679. The molecule has 0 rings (SSSR count). The smallest absolute Gasteiger partial charge is 2.00 e. The summed E-state index contributed by atoms with van der Waals surface area (Å²) in [5.74, 6) is 0. The Morgan fingerprint density at radius 2 is 1.00 bits per heavy atom. The number of hydrogen-bond acceptors (Lipinski definition) is 1. The maximum atomic E-state index is 0. The molecule has 0 amide bonds. The topological polar surface area (TPSA) is 58.5 Å². The van der Waals surface area contributed by atoms with Gasteiger partial charge in [0.25, 0.3) is 0 Å². The van der Waals surface area contributed by atoms with E-state index in [4.69, 9.17) is 0 Å². The Hall–Kier alpha value is 2.60. The van der Waals surface area contributed by atoms with Gasteiger partial charge in [-0.3, -0.25) is 0 Å². The largest absolute Gasteiger partial charge is 3.00 e. The van der Waals surface area contributed by atoms with Crippen molar-refractivity contribution in [1.82, 2.24) is 0 Å². The summed E-state index contributed by atoms with van der Waals surface area (Å²) in [6.07, 6.45) is 0. The maximum absolute atomic E-state index is 0. The van der Waals surface area contributed by atoms with Gasteiger partial charge in [-0.25, -0.2) is 0 Å². The van der Waals surface area contributed by atoms with Crippen molar-refractivity contribution in [3.63, 3.8) is 0 Å². The third-order valence-corrected chi connectivity index (χ3v) is 0. The van der Waals surface area contributed by atoms with Crippen molar-refractivity contribution in [1.29, 1.82) is 0 Å². The molecule has 16 valence electrons. The van der Waals surface area contributed by atoms with Gasteiger partial charge in [0.15, 0.2) is 0 Å². The van der Waals surface area contributed by atoms with Crippen LogP contribution in [0.1, 0.15) is 0 Å². The molecule has 0 bridgehead atoms. The monoisotopic (exact) mass is 260 g/mol. The summed E-state index contributed by atoms with van der Waals surface area (Å²) in [5, 5.41) is 0. The molecule has 0 spiro atoms. The first-order chi connectivity index (χ1) is 0. The second-order valence-corrected chi connectivity index (χ2v) is 0. The first kappa shape index (κ1) is 30.7. The van der Waals surface area contributed by atoms with E-state index in [0.717, 1.165) is 0 Å². The molecule has 0 aliphatic rings. The van der Waals surface area contributed by atoms with Crippen LogP contribution in [-0.2, 0) is 38.2 Å². The summed E-state index contributed by atoms with van der Waals surface area (Å²) in [5.41, 5.74) is 0. The molecule has 0 saturated carbocycles. The van der Waals surface area contributed by atoms with Gasteiger partial charge in [0, 0.05) is 0 Å². The fraction of sp³-hybridized carbons (Fsp3) is 0. The van der Waals surface area contributed by atoms with E-state index in [1.54, 1.807) is 0 Å². The van der Waals surface area contributed by atoms with Gasteiger partial charge in [0.1, 0.15) is 0 Å². The fourth-order valence-electron chi connectivity index (χ4n) is 0. The van der Waals surface area contributed by atoms with Gasteiger partial charge in [-0.1, -0.05) is 0 Å². The van der Waals surface area contributed by atoms with Crippen LogP contribution in [0.2, 0.25) is 0 Å². The molecular weight excluding hydrogens is 258 g/mol. The van der Waals surface area contributed by atoms with Crippen LogP contribution in [0.25, 0.3) is 0 Å². The number of hydrogen-bond donors (Lipinski definition) is 0. The summed E-state index contributed by atoms with van der Waals surface area (Å²) >= 11 is 0. The van der Waals surface area contributed by atoms with Crippen molar-refractivity contribution in [2.24, 2.45) is 0 Å². The first-order valence-corrected chi connectivity index (χ1v) is 0.